The SMILES string of the molecule is COc1ccc(CCN(C)C(=O)c2cc3n(n2)CCN(Cc2ccccc2C(F)(F)F)C3=O)cc1OC. The van der Waals surface area contributed by atoms with Crippen molar-refractivity contribution in [2.75, 3.05) is 34.4 Å². The van der Waals surface area contributed by atoms with Gasteiger partial charge in [-0.2, -0.15) is 18.3 Å². The molecule has 11 heteroatoms. The normalized spacial score (nSPS) is 13.4. The molecule has 0 unspecified atom stereocenters. The summed E-state index contributed by atoms with van der Waals surface area (Å²) in [6.07, 6.45) is -3.96. The van der Waals surface area contributed by atoms with Crippen molar-refractivity contribution in [1.29, 1.82) is 0 Å². The number of carbonyl (C=O) groups is 2. The van der Waals surface area contributed by atoms with Crippen molar-refractivity contribution < 1.29 is 32.2 Å². The number of hydrogen-bond donors (Lipinski definition) is 0. The van der Waals surface area contributed by atoms with E-state index in [1.54, 1.807) is 27.3 Å². The van der Waals surface area contributed by atoms with Gasteiger partial charge in [0.15, 0.2) is 17.2 Å². The van der Waals surface area contributed by atoms with Gasteiger partial charge < -0.3 is 19.3 Å². The van der Waals surface area contributed by atoms with Crippen molar-refractivity contribution in [3.05, 3.63) is 76.6 Å². The largest absolute Gasteiger partial charge is 0.493 e. The first-order valence-electron chi connectivity index (χ1n) is 11.6. The van der Waals surface area contributed by atoms with E-state index in [9.17, 15) is 22.8 Å². The van der Waals surface area contributed by atoms with E-state index in [1.807, 2.05) is 12.1 Å². The van der Waals surface area contributed by atoms with Crippen molar-refractivity contribution in [2.24, 2.45) is 0 Å². The zero-order valence-corrected chi connectivity index (χ0v) is 20.7. The number of carbonyl (C=O) groups excluding carboxylic acids is 2. The first kappa shape index (κ1) is 26.1. The molecule has 0 aliphatic carbocycles. The van der Waals surface area contributed by atoms with E-state index in [0.717, 1.165) is 11.6 Å². The summed E-state index contributed by atoms with van der Waals surface area (Å²) in [5.74, 6) is 0.378. The number of rotatable bonds is 8. The molecule has 4 rings (SSSR count). The van der Waals surface area contributed by atoms with Crippen molar-refractivity contribution in [1.82, 2.24) is 19.6 Å². The molecule has 0 saturated carbocycles. The van der Waals surface area contributed by atoms with Crippen LogP contribution in [0.15, 0.2) is 48.5 Å². The van der Waals surface area contributed by atoms with Crippen molar-refractivity contribution in [3.8, 4) is 11.5 Å². The van der Waals surface area contributed by atoms with Gasteiger partial charge in [0.05, 0.1) is 26.3 Å². The summed E-state index contributed by atoms with van der Waals surface area (Å²) in [5, 5.41) is 4.29. The van der Waals surface area contributed by atoms with Crippen LogP contribution in [0.25, 0.3) is 0 Å². The topological polar surface area (TPSA) is 76.9 Å². The average molecular weight is 517 g/mol. The number of fused-ring (bicyclic) bond motifs is 1. The Kier molecular flexibility index (Phi) is 7.42. The number of methoxy groups -OCH3 is 2. The predicted octanol–water partition coefficient (Wildman–Crippen LogP) is 3.89. The highest BCUT2D eigenvalue weighted by Crippen LogP contribution is 2.33. The maximum Gasteiger partial charge on any atom is 0.416 e. The number of aromatic nitrogens is 2. The van der Waals surface area contributed by atoms with E-state index in [1.165, 1.54) is 38.7 Å². The lowest BCUT2D eigenvalue weighted by Gasteiger charge is -2.28. The molecule has 196 valence electrons. The van der Waals surface area contributed by atoms with Crippen LogP contribution in [0.3, 0.4) is 0 Å². The number of nitrogens with zero attached hydrogens (tertiary/aromatic N) is 4. The van der Waals surface area contributed by atoms with Crippen LogP contribution in [0.1, 0.15) is 37.7 Å². The van der Waals surface area contributed by atoms with Crippen molar-refractivity contribution >= 4 is 11.8 Å². The molecule has 0 saturated heterocycles. The van der Waals surface area contributed by atoms with E-state index in [4.69, 9.17) is 9.47 Å². The zero-order valence-electron chi connectivity index (χ0n) is 20.7. The minimum atomic E-state index is -4.52. The fourth-order valence-corrected chi connectivity index (χ4v) is 4.26. The number of alkyl halides is 3. The van der Waals surface area contributed by atoms with Crippen LogP contribution in [0.2, 0.25) is 0 Å². The van der Waals surface area contributed by atoms with Crippen LogP contribution >= 0.6 is 0 Å². The highest BCUT2D eigenvalue weighted by molar-refractivity contribution is 5.98. The molecule has 0 N–H and O–H groups in total. The molecular weight excluding hydrogens is 489 g/mol. The van der Waals surface area contributed by atoms with Crippen LogP contribution < -0.4 is 9.47 Å². The standard InChI is InChI=1S/C26H27F3N4O4/c1-31(11-10-17-8-9-22(36-2)23(14-17)37-3)24(34)20-15-21-25(35)32(12-13-33(21)30-20)16-18-6-4-5-7-19(18)26(27,28)29/h4-9,14-15H,10-13,16H2,1-3H3. The first-order valence-corrected chi connectivity index (χ1v) is 11.6. The summed E-state index contributed by atoms with van der Waals surface area (Å²) < 4.78 is 52.1. The quantitative estimate of drug-likeness (QED) is 0.454. The third kappa shape index (κ3) is 5.55. The van der Waals surface area contributed by atoms with Gasteiger partial charge in [-0.1, -0.05) is 24.3 Å². The van der Waals surface area contributed by atoms with Gasteiger partial charge in [0, 0.05) is 32.7 Å². The van der Waals surface area contributed by atoms with Gasteiger partial charge in [0.2, 0.25) is 0 Å². The number of likely N-dealkylation sites (N-methyl/N-ethyl adjacent to an activating group) is 1. The number of halogens is 3. The molecule has 1 aliphatic heterocycles. The first-order chi connectivity index (χ1) is 17.6. The predicted molar refractivity (Wildman–Crippen MR) is 129 cm³/mol. The van der Waals surface area contributed by atoms with Gasteiger partial charge in [-0.15, -0.1) is 0 Å². The van der Waals surface area contributed by atoms with E-state index in [-0.39, 0.29) is 42.5 Å². The average Bonchev–Trinajstić information content (AvgIpc) is 3.33. The van der Waals surface area contributed by atoms with Crippen molar-refractivity contribution in [2.45, 2.75) is 25.7 Å². The fraction of sp³-hybridized carbons (Fsp3) is 0.346. The minimum absolute atomic E-state index is 0.0162. The maximum atomic E-state index is 13.4. The van der Waals surface area contributed by atoms with Crippen molar-refractivity contribution in [3.63, 3.8) is 0 Å². The third-order valence-electron chi connectivity index (χ3n) is 6.30. The molecule has 8 nitrogen and oxygen atoms in total. The molecule has 0 atom stereocenters. The summed E-state index contributed by atoms with van der Waals surface area (Å²) in [6, 6.07) is 12.1. The van der Waals surface area contributed by atoms with E-state index in [2.05, 4.69) is 5.10 Å². The Morgan fingerprint density at radius 2 is 1.78 bits per heavy atom. The van der Waals surface area contributed by atoms with E-state index < -0.39 is 17.6 Å². The van der Waals surface area contributed by atoms with Gasteiger partial charge in [-0.25, -0.2) is 0 Å². The highest BCUT2D eigenvalue weighted by atomic mass is 19.4. The van der Waals surface area contributed by atoms with Gasteiger partial charge in [-0.3, -0.25) is 14.3 Å². The zero-order chi connectivity index (χ0) is 26.7. The summed E-state index contributed by atoms with van der Waals surface area (Å²) in [4.78, 5) is 28.9. The number of ether oxygens (including phenoxy) is 2. The fourth-order valence-electron chi connectivity index (χ4n) is 4.26. The Hall–Kier alpha value is -4.02. The lowest BCUT2D eigenvalue weighted by Crippen LogP contribution is -2.40. The Morgan fingerprint density at radius 3 is 2.49 bits per heavy atom. The molecule has 0 bridgehead atoms. The van der Waals surface area contributed by atoms with E-state index in [0.29, 0.717) is 24.5 Å². The van der Waals surface area contributed by atoms with Crippen LogP contribution in [0.5, 0.6) is 11.5 Å². The molecular formula is C26H27F3N4O4. The summed E-state index contributed by atoms with van der Waals surface area (Å²) in [7, 11) is 4.75. The maximum absolute atomic E-state index is 13.4. The summed E-state index contributed by atoms with van der Waals surface area (Å²) >= 11 is 0. The van der Waals surface area contributed by atoms with Crippen LogP contribution in [0.4, 0.5) is 13.2 Å². The van der Waals surface area contributed by atoms with Gasteiger partial charge in [0.25, 0.3) is 11.8 Å². The third-order valence-corrected chi connectivity index (χ3v) is 6.30. The molecule has 1 aromatic heterocycles. The van der Waals surface area contributed by atoms with Crippen LogP contribution in [0, 0.1) is 0 Å². The number of amides is 2. The molecule has 1 aliphatic rings. The monoisotopic (exact) mass is 516 g/mol. The van der Waals surface area contributed by atoms with Gasteiger partial charge in [-0.05, 0) is 35.7 Å². The molecule has 2 aromatic carbocycles. The Morgan fingerprint density at radius 1 is 1.05 bits per heavy atom. The van der Waals surface area contributed by atoms with E-state index >= 15 is 0 Å². The number of benzene rings is 2. The molecule has 2 heterocycles. The smallest absolute Gasteiger partial charge is 0.416 e. The molecule has 3 aromatic rings. The van der Waals surface area contributed by atoms with Crippen LogP contribution in [-0.4, -0.2) is 65.8 Å². The highest BCUT2D eigenvalue weighted by Gasteiger charge is 2.35. The summed E-state index contributed by atoms with van der Waals surface area (Å²) in [6.45, 7) is 0.666. The Bertz CT molecular complexity index is 1310. The lowest BCUT2D eigenvalue weighted by molar-refractivity contribution is -0.138. The molecule has 0 radical (unpaired) electrons. The Balaban J connectivity index is 1.43. The van der Waals surface area contributed by atoms with Gasteiger partial charge in [0.1, 0.15) is 5.69 Å². The molecule has 2 amide bonds. The second-order valence-electron chi connectivity index (χ2n) is 8.69. The molecule has 37 heavy (non-hydrogen) atoms. The lowest BCUT2D eigenvalue weighted by atomic mass is 10.1. The number of hydrogen-bond acceptors (Lipinski definition) is 5. The minimum Gasteiger partial charge on any atom is -0.493 e. The van der Waals surface area contributed by atoms with Crippen LogP contribution in [-0.2, 0) is 25.7 Å². The molecule has 0 fully saturated rings. The second kappa shape index (κ2) is 10.5. The molecule has 0 spiro atoms. The Labute approximate surface area is 212 Å². The van der Waals surface area contributed by atoms with Gasteiger partial charge >= 0.3 is 6.18 Å². The second-order valence-corrected chi connectivity index (χ2v) is 8.69. The summed E-state index contributed by atoms with van der Waals surface area (Å²) in [5.41, 5.74) is 0.478.